The highest BCUT2D eigenvalue weighted by Gasteiger charge is 2.35. The molecule has 1 aromatic heterocycles. The summed E-state index contributed by atoms with van der Waals surface area (Å²) >= 11 is 0. The zero-order valence-electron chi connectivity index (χ0n) is 16.7. The van der Waals surface area contributed by atoms with Gasteiger partial charge in [-0.1, -0.05) is 25.0 Å². The van der Waals surface area contributed by atoms with Crippen LogP contribution in [0, 0.1) is 0 Å². The average molecular weight is 367 g/mol. The fourth-order valence-electron chi connectivity index (χ4n) is 4.62. The molecule has 0 spiro atoms. The minimum absolute atomic E-state index is 0.385. The standard InChI is InChI=1S/C22H30N4O/c1-25(2)22-23-15-19(16-8-6-11-18(14-16)27-3)21(24-22)20-12-7-13-26(20)17-9-4-5-10-17/h6,8,11,14-15,17,20H,4-5,7,9-10,12-13H2,1-3H3. The van der Waals surface area contributed by atoms with Gasteiger partial charge in [0.15, 0.2) is 0 Å². The van der Waals surface area contributed by atoms with E-state index in [1.165, 1.54) is 50.8 Å². The topological polar surface area (TPSA) is 41.5 Å². The van der Waals surface area contributed by atoms with Crippen LogP contribution in [-0.4, -0.2) is 48.7 Å². The van der Waals surface area contributed by atoms with Crippen LogP contribution in [0.5, 0.6) is 5.75 Å². The van der Waals surface area contributed by atoms with Gasteiger partial charge in [0.25, 0.3) is 0 Å². The lowest BCUT2D eigenvalue weighted by Crippen LogP contribution is -2.33. The monoisotopic (exact) mass is 366 g/mol. The summed E-state index contributed by atoms with van der Waals surface area (Å²) in [6.45, 7) is 1.19. The zero-order chi connectivity index (χ0) is 18.8. The van der Waals surface area contributed by atoms with E-state index >= 15 is 0 Å². The van der Waals surface area contributed by atoms with E-state index in [0.717, 1.165) is 22.8 Å². The Balaban J connectivity index is 1.77. The normalized spacial score (nSPS) is 20.9. The molecule has 1 unspecified atom stereocenters. The zero-order valence-corrected chi connectivity index (χ0v) is 16.7. The van der Waals surface area contributed by atoms with Crippen molar-refractivity contribution in [1.29, 1.82) is 0 Å². The third kappa shape index (κ3) is 3.65. The van der Waals surface area contributed by atoms with Crippen LogP contribution in [0.15, 0.2) is 30.5 Å². The molecule has 1 aliphatic heterocycles. The number of methoxy groups -OCH3 is 1. The third-order valence-electron chi connectivity index (χ3n) is 5.99. The summed E-state index contributed by atoms with van der Waals surface area (Å²) in [5.41, 5.74) is 3.44. The van der Waals surface area contributed by atoms with Crippen LogP contribution in [0.25, 0.3) is 11.1 Å². The molecule has 0 bridgehead atoms. The molecule has 1 aliphatic carbocycles. The van der Waals surface area contributed by atoms with Crippen LogP contribution < -0.4 is 9.64 Å². The second-order valence-corrected chi connectivity index (χ2v) is 7.93. The summed E-state index contributed by atoms with van der Waals surface area (Å²) in [5, 5.41) is 0. The highest BCUT2D eigenvalue weighted by Crippen LogP contribution is 2.41. The van der Waals surface area contributed by atoms with Gasteiger partial charge in [0.2, 0.25) is 5.95 Å². The van der Waals surface area contributed by atoms with Crippen molar-refractivity contribution in [1.82, 2.24) is 14.9 Å². The van der Waals surface area contributed by atoms with E-state index < -0.39 is 0 Å². The number of hydrogen-bond acceptors (Lipinski definition) is 5. The van der Waals surface area contributed by atoms with Gasteiger partial charge in [0, 0.05) is 31.9 Å². The van der Waals surface area contributed by atoms with E-state index in [0.29, 0.717) is 12.1 Å². The minimum atomic E-state index is 0.385. The van der Waals surface area contributed by atoms with Crippen LogP contribution in [-0.2, 0) is 0 Å². The molecular weight excluding hydrogens is 336 g/mol. The lowest BCUT2D eigenvalue weighted by atomic mass is 9.99. The van der Waals surface area contributed by atoms with Crippen molar-refractivity contribution in [3.8, 4) is 16.9 Å². The average Bonchev–Trinajstić information content (AvgIpc) is 3.38. The molecule has 2 aliphatic rings. The second-order valence-electron chi connectivity index (χ2n) is 7.93. The van der Waals surface area contributed by atoms with Gasteiger partial charge < -0.3 is 9.64 Å². The maximum absolute atomic E-state index is 5.45. The number of likely N-dealkylation sites (tertiary alicyclic amines) is 1. The molecule has 1 saturated carbocycles. The van der Waals surface area contributed by atoms with Crippen molar-refractivity contribution in [3.05, 3.63) is 36.2 Å². The van der Waals surface area contributed by atoms with Gasteiger partial charge in [-0.25, -0.2) is 9.97 Å². The summed E-state index contributed by atoms with van der Waals surface area (Å²) < 4.78 is 5.45. The smallest absolute Gasteiger partial charge is 0.225 e. The van der Waals surface area contributed by atoms with Crippen molar-refractivity contribution in [3.63, 3.8) is 0 Å². The summed E-state index contributed by atoms with van der Waals surface area (Å²) in [7, 11) is 5.73. The van der Waals surface area contributed by atoms with Crippen molar-refractivity contribution < 1.29 is 4.74 Å². The Labute approximate surface area is 162 Å². The maximum Gasteiger partial charge on any atom is 0.225 e. The van der Waals surface area contributed by atoms with Crippen molar-refractivity contribution in [2.75, 3.05) is 32.6 Å². The van der Waals surface area contributed by atoms with Gasteiger partial charge in [0.1, 0.15) is 5.75 Å². The molecule has 2 aromatic rings. The lowest BCUT2D eigenvalue weighted by molar-refractivity contribution is 0.180. The summed E-state index contributed by atoms with van der Waals surface area (Å²) in [4.78, 5) is 14.4. The van der Waals surface area contributed by atoms with E-state index in [9.17, 15) is 0 Å². The molecule has 2 heterocycles. The first-order valence-corrected chi connectivity index (χ1v) is 10.1. The Morgan fingerprint density at radius 3 is 2.67 bits per heavy atom. The first kappa shape index (κ1) is 18.2. The van der Waals surface area contributed by atoms with Crippen LogP contribution in [0.2, 0.25) is 0 Å². The van der Waals surface area contributed by atoms with Gasteiger partial charge in [-0.15, -0.1) is 0 Å². The van der Waals surface area contributed by atoms with E-state index in [4.69, 9.17) is 9.72 Å². The minimum Gasteiger partial charge on any atom is -0.497 e. The Morgan fingerprint density at radius 1 is 1.11 bits per heavy atom. The lowest BCUT2D eigenvalue weighted by Gasteiger charge is -2.31. The molecule has 5 nitrogen and oxygen atoms in total. The maximum atomic E-state index is 5.45. The highest BCUT2D eigenvalue weighted by molar-refractivity contribution is 5.68. The highest BCUT2D eigenvalue weighted by atomic mass is 16.5. The van der Waals surface area contributed by atoms with Gasteiger partial charge >= 0.3 is 0 Å². The Bertz CT molecular complexity index is 786. The van der Waals surface area contributed by atoms with Gasteiger partial charge in [-0.2, -0.15) is 0 Å². The predicted octanol–water partition coefficient (Wildman–Crippen LogP) is 4.30. The number of nitrogens with zero attached hydrogens (tertiary/aromatic N) is 4. The van der Waals surface area contributed by atoms with Crippen molar-refractivity contribution in [2.45, 2.75) is 50.6 Å². The SMILES string of the molecule is COc1cccc(-c2cnc(N(C)C)nc2C2CCCN2C2CCCC2)c1. The molecule has 5 heteroatoms. The Kier molecular flexibility index (Phi) is 5.30. The largest absolute Gasteiger partial charge is 0.497 e. The molecule has 144 valence electrons. The Hall–Kier alpha value is -2.14. The van der Waals surface area contributed by atoms with Crippen LogP contribution >= 0.6 is 0 Å². The number of aromatic nitrogens is 2. The second kappa shape index (κ2) is 7.85. The summed E-state index contributed by atoms with van der Waals surface area (Å²) in [6.07, 6.45) is 9.81. The fraction of sp³-hybridized carbons (Fsp3) is 0.545. The molecule has 1 atom stereocenters. The first-order chi connectivity index (χ1) is 13.2. The molecule has 2 fully saturated rings. The van der Waals surface area contributed by atoms with E-state index in [1.807, 2.05) is 37.3 Å². The van der Waals surface area contributed by atoms with Crippen molar-refractivity contribution in [2.24, 2.45) is 0 Å². The molecular formula is C22H30N4O. The van der Waals surface area contributed by atoms with E-state index in [-0.39, 0.29) is 0 Å². The predicted molar refractivity (Wildman–Crippen MR) is 109 cm³/mol. The number of anilines is 1. The quantitative estimate of drug-likeness (QED) is 0.789. The summed E-state index contributed by atoms with van der Waals surface area (Å²) in [5.74, 6) is 1.66. The molecule has 0 radical (unpaired) electrons. The number of hydrogen-bond donors (Lipinski definition) is 0. The first-order valence-electron chi connectivity index (χ1n) is 10.1. The van der Waals surface area contributed by atoms with E-state index in [1.54, 1.807) is 7.11 Å². The molecule has 1 aromatic carbocycles. The van der Waals surface area contributed by atoms with Gasteiger partial charge in [0.05, 0.1) is 18.8 Å². The molecule has 0 N–H and O–H groups in total. The summed E-state index contributed by atoms with van der Waals surface area (Å²) in [6, 6.07) is 9.35. The number of ether oxygens (including phenoxy) is 1. The van der Waals surface area contributed by atoms with Gasteiger partial charge in [-0.3, -0.25) is 4.90 Å². The third-order valence-corrected chi connectivity index (χ3v) is 5.99. The van der Waals surface area contributed by atoms with Crippen LogP contribution in [0.4, 0.5) is 5.95 Å². The molecule has 1 saturated heterocycles. The van der Waals surface area contributed by atoms with Crippen LogP contribution in [0.3, 0.4) is 0 Å². The van der Waals surface area contributed by atoms with E-state index in [2.05, 4.69) is 22.0 Å². The molecule has 27 heavy (non-hydrogen) atoms. The van der Waals surface area contributed by atoms with Crippen molar-refractivity contribution >= 4 is 5.95 Å². The molecule has 0 amide bonds. The van der Waals surface area contributed by atoms with Gasteiger partial charge in [-0.05, 0) is 49.9 Å². The van der Waals surface area contributed by atoms with Crippen LogP contribution in [0.1, 0.15) is 50.3 Å². The number of rotatable bonds is 5. The fourth-order valence-corrected chi connectivity index (χ4v) is 4.62. The number of benzene rings is 1. The molecule has 4 rings (SSSR count). The Morgan fingerprint density at radius 2 is 1.93 bits per heavy atom.